The smallest absolute Gasteiger partial charge is 0.303 e. The van der Waals surface area contributed by atoms with Gasteiger partial charge in [-0.05, 0) is 23.3 Å². The van der Waals surface area contributed by atoms with Crippen molar-refractivity contribution in [3.05, 3.63) is 120 Å². The number of nitrogens with zero attached hydrogens (tertiary/aromatic N) is 4. The predicted molar refractivity (Wildman–Crippen MR) is 165 cm³/mol. The van der Waals surface area contributed by atoms with E-state index in [1.165, 1.54) is 24.1 Å². The number of fused-ring (bicyclic) bond motifs is 1. The van der Waals surface area contributed by atoms with Gasteiger partial charge in [-0.3, -0.25) is 14.2 Å². The van der Waals surface area contributed by atoms with Crippen LogP contribution in [0.4, 0.5) is 14.6 Å². The molecule has 5 aromatic rings. The van der Waals surface area contributed by atoms with Gasteiger partial charge in [-0.2, -0.15) is 0 Å². The molecular weight excluding hydrogens is 612 g/mol. The quantitative estimate of drug-likeness (QED) is 0.179. The number of ether oxygens (including phenoxy) is 4. The Hall–Kier alpha value is -5.11. The van der Waals surface area contributed by atoms with Crippen LogP contribution >= 0.6 is 0 Å². The summed E-state index contributed by atoms with van der Waals surface area (Å²) in [5, 5.41) is 2.72. The minimum Gasteiger partial charge on any atom is -0.455 e. The molecule has 13 heteroatoms. The van der Waals surface area contributed by atoms with Crippen molar-refractivity contribution in [2.45, 2.75) is 50.6 Å². The zero-order chi connectivity index (χ0) is 32.8. The van der Waals surface area contributed by atoms with Gasteiger partial charge in [-0.1, -0.05) is 78.9 Å². The number of nitrogens with one attached hydrogen (secondary N) is 1. The van der Waals surface area contributed by atoms with Crippen molar-refractivity contribution in [1.82, 2.24) is 19.5 Å². The molecule has 0 aliphatic carbocycles. The van der Waals surface area contributed by atoms with E-state index in [9.17, 15) is 9.59 Å². The maximum absolute atomic E-state index is 15.4. The van der Waals surface area contributed by atoms with Gasteiger partial charge in [0.2, 0.25) is 0 Å². The van der Waals surface area contributed by atoms with Crippen molar-refractivity contribution in [2.75, 3.05) is 11.9 Å². The van der Waals surface area contributed by atoms with Crippen molar-refractivity contribution < 1.29 is 37.3 Å². The fraction of sp³-hybridized carbons (Fsp3) is 0.265. The minimum atomic E-state index is -3.13. The van der Waals surface area contributed by atoms with Crippen LogP contribution in [0.1, 0.15) is 34.6 Å². The Balaban J connectivity index is 1.37. The van der Waals surface area contributed by atoms with E-state index < -0.39 is 48.9 Å². The fourth-order valence-electron chi connectivity index (χ4n) is 5.47. The first-order chi connectivity index (χ1) is 22.9. The number of amides is 1. The summed E-state index contributed by atoms with van der Waals surface area (Å²) in [4.78, 5) is 38.2. The summed E-state index contributed by atoms with van der Waals surface area (Å²) in [6, 6.07) is 26.6. The number of hydrogen-bond donors (Lipinski definition) is 1. The molecule has 3 heterocycles. The maximum Gasteiger partial charge on any atom is 0.303 e. The van der Waals surface area contributed by atoms with Crippen LogP contribution in [0, 0.1) is 0 Å². The molecule has 1 amide bonds. The second-order valence-corrected chi connectivity index (χ2v) is 10.9. The molecule has 2 aromatic heterocycles. The molecule has 4 unspecified atom stereocenters. The van der Waals surface area contributed by atoms with E-state index in [1.54, 1.807) is 54.6 Å². The molecule has 3 aromatic carbocycles. The number of carbonyl (C=O) groups is 2. The summed E-state index contributed by atoms with van der Waals surface area (Å²) in [7, 11) is 0. The average Bonchev–Trinajstić information content (AvgIpc) is 3.65. The van der Waals surface area contributed by atoms with E-state index in [2.05, 4.69) is 20.3 Å². The number of halogens is 2. The van der Waals surface area contributed by atoms with E-state index >= 15 is 8.78 Å². The second kappa shape index (κ2) is 14.1. The Kier molecular flexibility index (Phi) is 9.57. The van der Waals surface area contributed by atoms with Crippen LogP contribution in [-0.4, -0.2) is 62.2 Å². The summed E-state index contributed by atoms with van der Waals surface area (Å²) < 4.78 is 56.0. The van der Waals surface area contributed by atoms with Gasteiger partial charge in [0.15, 0.2) is 34.9 Å². The number of rotatable bonds is 12. The lowest BCUT2D eigenvalue weighted by atomic mass is 9.95. The van der Waals surface area contributed by atoms with Crippen LogP contribution in [0.2, 0.25) is 0 Å². The normalized spacial score (nSPS) is 20.8. The zero-order valence-electron chi connectivity index (χ0n) is 25.2. The van der Waals surface area contributed by atoms with Crippen LogP contribution in [0.5, 0.6) is 0 Å². The first-order valence-corrected chi connectivity index (χ1v) is 14.8. The molecule has 1 aliphatic heterocycles. The van der Waals surface area contributed by atoms with Crippen LogP contribution in [-0.2, 0) is 37.0 Å². The maximum atomic E-state index is 15.4. The highest BCUT2D eigenvalue weighted by atomic mass is 19.3. The molecule has 1 fully saturated rings. The monoisotopic (exact) mass is 643 g/mol. The highest BCUT2D eigenvalue weighted by Gasteiger charge is 2.64. The number of anilines is 1. The highest BCUT2D eigenvalue weighted by Crippen LogP contribution is 2.46. The lowest BCUT2D eigenvalue weighted by Gasteiger charge is -2.33. The van der Waals surface area contributed by atoms with Gasteiger partial charge in [-0.25, -0.2) is 23.7 Å². The molecule has 0 saturated carbocycles. The lowest BCUT2D eigenvalue weighted by molar-refractivity contribution is -0.215. The van der Waals surface area contributed by atoms with E-state index in [0.717, 1.165) is 5.56 Å². The molecule has 1 saturated heterocycles. The molecule has 1 aliphatic rings. The Bertz CT molecular complexity index is 1810. The molecule has 1 N–H and O–H groups in total. The second-order valence-electron chi connectivity index (χ2n) is 10.9. The molecule has 11 nitrogen and oxygen atoms in total. The van der Waals surface area contributed by atoms with Crippen molar-refractivity contribution in [3.8, 4) is 0 Å². The van der Waals surface area contributed by atoms with E-state index in [4.69, 9.17) is 18.9 Å². The molecule has 0 bridgehead atoms. The van der Waals surface area contributed by atoms with Crippen molar-refractivity contribution in [1.29, 1.82) is 0 Å². The standard InChI is InChI=1S/C34H31F2N5O6/c1-22(42)46-27-28(45-18-24-13-7-3-8-14-24)34(33(35)36,19-44-17-23-11-5-2-6-12-23)47-32(27)41-21-39-26-29(37-20-38-30(26)41)40-31(43)25-15-9-4-10-16-25/h2-16,20-21,27-28,32-33H,17-19H2,1H3,(H,37,38,40,43). The van der Waals surface area contributed by atoms with Crippen LogP contribution in [0.25, 0.3) is 11.2 Å². The van der Waals surface area contributed by atoms with Gasteiger partial charge < -0.3 is 24.3 Å². The van der Waals surface area contributed by atoms with Crippen LogP contribution < -0.4 is 5.32 Å². The number of carbonyl (C=O) groups excluding carboxylic acids is 2. The Labute approximate surface area is 268 Å². The summed E-state index contributed by atoms with van der Waals surface area (Å²) in [6.07, 6.45) is -4.86. The van der Waals surface area contributed by atoms with Gasteiger partial charge >= 0.3 is 5.97 Å². The third-order valence-corrected chi connectivity index (χ3v) is 7.69. The van der Waals surface area contributed by atoms with Crippen LogP contribution in [0.3, 0.4) is 0 Å². The number of esters is 1. The predicted octanol–water partition coefficient (Wildman–Crippen LogP) is 5.35. The first-order valence-electron chi connectivity index (χ1n) is 14.8. The Morgan fingerprint density at radius 1 is 0.915 bits per heavy atom. The topological polar surface area (TPSA) is 127 Å². The van der Waals surface area contributed by atoms with Gasteiger partial charge in [0.1, 0.15) is 12.4 Å². The molecule has 6 rings (SSSR count). The molecular formula is C34H31F2N5O6. The van der Waals surface area contributed by atoms with E-state index in [-0.39, 0.29) is 30.2 Å². The fourth-order valence-corrected chi connectivity index (χ4v) is 5.47. The molecule has 47 heavy (non-hydrogen) atoms. The lowest BCUT2D eigenvalue weighted by Crippen LogP contribution is -2.54. The number of aromatic nitrogens is 4. The van der Waals surface area contributed by atoms with Crippen molar-refractivity contribution in [2.24, 2.45) is 0 Å². The SMILES string of the molecule is CC(=O)OC1C(n2cnc3c(NC(=O)c4ccccc4)ncnc32)OC(COCc2ccccc2)(C(F)F)C1OCc1ccccc1. The van der Waals surface area contributed by atoms with Gasteiger partial charge in [0.05, 0.1) is 26.1 Å². The molecule has 4 atom stereocenters. The van der Waals surface area contributed by atoms with Gasteiger partial charge in [0, 0.05) is 12.5 Å². The summed E-state index contributed by atoms with van der Waals surface area (Å²) in [5.41, 5.74) is -0.190. The van der Waals surface area contributed by atoms with Gasteiger partial charge in [0.25, 0.3) is 12.3 Å². The third kappa shape index (κ3) is 6.87. The summed E-state index contributed by atoms with van der Waals surface area (Å²) >= 11 is 0. The minimum absolute atomic E-state index is 0.0265. The summed E-state index contributed by atoms with van der Waals surface area (Å²) in [5.74, 6) is -1.08. The summed E-state index contributed by atoms with van der Waals surface area (Å²) in [6.45, 7) is 0.534. The van der Waals surface area contributed by atoms with Crippen LogP contribution in [0.15, 0.2) is 104 Å². The van der Waals surface area contributed by atoms with Crippen molar-refractivity contribution >= 4 is 28.9 Å². The Morgan fingerprint density at radius 2 is 1.55 bits per heavy atom. The largest absolute Gasteiger partial charge is 0.455 e. The molecule has 242 valence electrons. The zero-order valence-corrected chi connectivity index (χ0v) is 25.2. The number of alkyl halides is 2. The highest BCUT2D eigenvalue weighted by molar-refractivity contribution is 6.06. The molecule has 0 radical (unpaired) electrons. The van der Waals surface area contributed by atoms with E-state index in [1.807, 2.05) is 36.4 Å². The first kappa shape index (κ1) is 31.9. The third-order valence-electron chi connectivity index (χ3n) is 7.69. The number of benzene rings is 3. The number of hydrogen-bond acceptors (Lipinski definition) is 9. The van der Waals surface area contributed by atoms with Gasteiger partial charge in [-0.15, -0.1) is 0 Å². The van der Waals surface area contributed by atoms with E-state index in [0.29, 0.717) is 11.1 Å². The molecule has 0 spiro atoms. The number of imidazole rings is 1. The van der Waals surface area contributed by atoms with Crippen molar-refractivity contribution in [3.63, 3.8) is 0 Å². The average molecular weight is 644 g/mol. The Morgan fingerprint density at radius 3 is 2.19 bits per heavy atom.